The second-order valence-corrected chi connectivity index (χ2v) is 8.86. The molecule has 0 radical (unpaired) electrons. The number of carbonyl (C=O) groups is 2. The number of aliphatic hydroxyl groups is 2. The number of hydrogen-bond acceptors (Lipinski definition) is 7. The van der Waals surface area contributed by atoms with E-state index in [2.05, 4.69) is 5.32 Å². The van der Waals surface area contributed by atoms with Crippen molar-refractivity contribution in [1.29, 1.82) is 0 Å². The third-order valence-electron chi connectivity index (χ3n) is 5.19. The van der Waals surface area contributed by atoms with Crippen LogP contribution in [0.5, 0.6) is 0 Å². The molecule has 1 aliphatic rings. The number of nitrogens with one attached hydrogen (secondary N) is 1. The quantitative estimate of drug-likeness (QED) is 0.365. The van der Waals surface area contributed by atoms with Crippen molar-refractivity contribution in [3.8, 4) is 0 Å². The summed E-state index contributed by atoms with van der Waals surface area (Å²) in [6.07, 6.45) is -0.493. The fraction of sp³-hybridized carbons (Fsp3) is 0.417. The number of hydrogen-bond donors (Lipinski definition) is 4. The molecule has 8 nitrogen and oxygen atoms in total. The van der Waals surface area contributed by atoms with E-state index in [0.717, 1.165) is 22.4 Å². The van der Waals surface area contributed by atoms with Crippen molar-refractivity contribution >= 4 is 29.3 Å². The van der Waals surface area contributed by atoms with Crippen molar-refractivity contribution in [3.63, 3.8) is 0 Å². The summed E-state index contributed by atoms with van der Waals surface area (Å²) in [6.45, 7) is 0.0974. The maximum atomic E-state index is 11.9. The Kier molecular flexibility index (Phi) is 9.71. The van der Waals surface area contributed by atoms with Crippen molar-refractivity contribution in [2.45, 2.75) is 44.4 Å². The van der Waals surface area contributed by atoms with Crippen LogP contribution < -0.4 is 5.32 Å². The number of amides is 1. The highest BCUT2D eigenvalue weighted by atomic mass is 32.2. The summed E-state index contributed by atoms with van der Waals surface area (Å²) in [7, 11) is 0. The molecule has 0 bridgehead atoms. The van der Waals surface area contributed by atoms with Gasteiger partial charge in [0.1, 0.15) is 0 Å². The van der Waals surface area contributed by atoms with Crippen molar-refractivity contribution in [2.24, 2.45) is 0 Å². The highest BCUT2D eigenvalue weighted by Gasteiger charge is 2.32. The molecule has 1 saturated heterocycles. The van der Waals surface area contributed by atoms with Crippen molar-refractivity contribution in [2.75, 3.05) is 23.4 Å². The molecule has 3 atom stereocenters. The lowest BCUT2D eigenvalue weighted by molar-refractivity contribution is -0.245. The Morgan fingerprint density at radius 2 is 1.67 bits per heavy atom. The summed E-state index contributed by atoms with van der Waals surface area (Å²) >= 11 is 1.62. The van der Waals surface area contributed by atoms with Gasteiger partial charge >= 0.3 is 5.97 Å². The average Bonchev–Trinajstić information content (AvgIpc) is 2.83. The number of benzene rings is 2. The minimum absolute atomic E-state index is 0.0167. The van der Waals surface area contributed by atoms with Gasteiger partial charge in [-0.1, -0.05) is 36.4 Å². The van der Waals surface area contributed by atoms with Gasteiger partial charge in [-0.3, -0.25) is 9.59 Å². The average molecular weight is 476 g/mol. The normalized spacial score (nSPS) is 20.4. The van der Waals surface area contributed by atoms with Gasteiger partial charge in [0, 0.05) is 35.6 Å². The molecule has 1 fully saturated rings. The number of ether oxygens (including phenoxy) is 2. The fourth-order valence-electron chi connectivity index (χ4n) is 3.47. The number of aliphatic carboxylic acids is 1. The Hall–Kier alpha value is -2.43. The largest absolute Gasteiger partial charge is 0.481 e. The molecular formula is C24H29NO7S. The topological polar surface area (TPSA) is 125 Å². The van der Waals surface area contributed by atoms with Crippen molar-refractivity contribution < 1.29 is 34.4 Å². The standard InChI is InChI=1S/C24H29NO7S/c26-11-12-33-15-20-13-21(17-3-1-16(14-27)2-4-17)32-24(31-20)18-5-7-19(8-6-18)25-22(28)9-10-23(29)30/h1-8,20-21,24,26-27H,9-15H2,(H,25,28)(H,29,30)/t20-,21+,24+/m0/s1. The molecule has 2 aromatic carbocycles. The second kappa shape index (κ2) is 12.7. The molecule has 2 aromatic rings. The first-order valence-corrected chi connectivity index (χ1v) is 11.9. The molecule has 4 N–H and O–H groups in total. The number of carboxylic acids is 1. The Balaban J connectivity index is 1.69. The third-order valence-corrected chi connectivity index (χ3v) is 6.27. The van der Waals surface area contributed by atoms with Crippen LogP contribution in [0.4, 0.5) is 5.69 Å². The van der Waals surface area contributed by atoms with E-state index in [-0.39, 0.29) is 44.2 Å². The van der Waals surface area contributed by atoms with E-state index in [0.29, 0.717) is 17.9 Å². The zero-order valence-electron chi connectivity index (χ0n) is 18.2. The first kappa shape index (κ1) is 25.2. The van der Waals surface area contributed by atoms with Crippen LogP contribution in [0.25, 0.3) is 0 Å². The van der Waals surface area contributed by atoms with E-state index in [4.69, 9.17) is 19.7 Å². The Bertz CT molecular complexity index is 904. The molecule has 33 heavy (non-hydrogen) atoms. The molecule has 0 unspecified atom stereocenters. The van der Waals surface area contributed by atoms with Crippen molar-refractivity contribution in [3.05, 3.63) is 65.2 Å². The van der Waals surface area contributed by atoms with E-state index in [1.807, 2.05) is 36.4 Å². The number of thioether (sulfide) groups is 1. The first-order chi connectivity index (χ1) is 16.0. The van der Waals surface area contributed by atoms with E-state index in [1.54, 1.807) is 23.9 Å². The van der Waals surface area contributed by atoms with Gasteiger partial charge in [-0.05, 0) is 23.3 Å². The van der Waals surface area contributed by atoms with Gasteiger partial charge in [0.25, 0.3) is 0 Å². The molecule has 178 valence electrons. The van der Waals surface area contributed by atoms with Crippen LogP contribution >= 0.6 is 11.8 Å². The Labute approximate surface area is 196 Å². The van der Waals surface area contributed by atoms with Crippen LogP contribution in [0, 0.1) is 0 Å². The predicted octanol–water partition coefficient (Wildman–Crippen LogP) is 3.25. The molecule has 0 aromatic heterocycles. The van der Waals surface area contributed by atoms with Gasteiger partial charge < -0.3 is 30.1 Å². The summed E-state index contributed by atoms with van der Waals surface area (Å²) in [4.78, 5) is 22.5. The lowest BCUT2D eigenvalue weighted by Crippen LogP contribution is -2.31. The molecule has 0 spiro atoms. The molecule has 0 aliphatic carbocycles. The van der Waals surface area contributed by atoms with Gasteiger partial charge in [0.2, 0.25) is 5.91 Å². The third kappa shape index (κ3) is 7.83. The zero-order chi connectivity index (χ0) is 23.6. The first-order valence-electron chi connectivity index (χ1n) is 10.8. The van der Waals surface area contributed by atoms with Crippen LogP contribution in [0.15, 0.2) is 48.5 Å². The van der Waals surface area contributed by atoms with Gasteiger partial charge in [0.15, 0.2) is 6.29 Å². The number of anilines is 1. The van der Waals surface area contributed by atoms with E-state index in [9.17, 15) is 14.7 Å². The molecule has 1 aliphatic heterocycles. The van der Waals surface area contributed by atoms with E-state index in [1.165, 1.54) is 0 Å². The monoisotopic (exact) mass is 475 g/mol. The smallest absolute Gasteiger partial charge is 0.303 e. The highest BCUT2D eigenvalue weighted by molar-refractivity contribution is 7.99. The van der Waals surface area contributed by atoms with Crippen LogP contribution in [-0.4, -0.2) is 51.4 Å². The second-order valence-electron chi connectivity index (χ2n) is 7.71. The maximum Gasteiger partial charge on any atom is 0.303 e. The summed E-state index contributed by atoms with van der Waals surface area (Å²) in [5.41, 5.74) is 3.20. The van der Waals surface area contributed by atoms with Gasteiger partial charge in [-0.15, -0.1) is 0 Å². The van der Waals surface area contributed by atoms with Gasteiger partial charge in [-0.2, -0.15) is 11.8 Å². The number of rotatable bonds is 11. The molecule has 9 heteroatoms. The molecule has 0 saturated carbocycles. The number of carbonyl (C=O) groups excluding carboxylic acids is 1. The van der Waals surface area contributed by atoms with Gasteiger partial charge in [0.05, 0.1) is 31.8 Å². The van der Waals surface area contributed by atoms with Crippen LogP contribution in [0.1, 0.15) is 48.3 Å². The highest BCUT2D eigenvalue weighted by Crippen LogP contribution is 2.39. The number of carboxylic acid groups (broad SMARTS) is 1. The zero-order valence-corrected chi connectivity index (χ0v) is 19.0. The number of aliphatic hydroxyl groups excluding tert-OH is 2. The molecule has 1 heterocycles. The minimum Gasteiger partial charge on any atom is -0.481 e. The predicted molar refractivity (Wildman–Crippen MR) is 125 cm³/mol. The Morgan fingerprint density at radius 1 is 0.970 bits per heavy atom. The van der Waals surface area contributed by atoms with Crippen LogP contribution in [-0.2, 0) is 25.7 Å². The summed E-state index contributed by atoms with van der Waals surface area (Å²) in [6, 6.07) is 14.7. The van der Waals surface area contributed by atoms with Crippen molar-refractivity contribution in [1.82, 2.24) is 0 Å². The van der Waals surface area contributed by atoms with Crippen LogP contribution in [0.3, 0.4) is 0 Å². The Morgan fingerprint density at radius 3 is 2.30 bits per heavy atom. The maximum absolute atomic E-state index is 11.9. The summed E-state index contributed by atoms with van der Waals surface area (Å²) in [5.74, 6) is -0.0111. The fourth-order valence-corrected chi connectivity index (χ4v) is 4.24. The SMILES string of the molecule is O=C(O)CCC(=O)Nc1ccc([C@@H]2O[C@H](CSCCO)C[C@H](c3ccc(CO)cc3)O2)cc1. The van der Waals surface area contributed by atoms with Crippen LogP contribution in [0.2, 0.25) is 0 Å². The summed E-state index contributed by atoms with van der Waals surface area (Å²) in [5, 5.41) is 29.8. The lowest BCUT2D eigenvalue weighted by atomic mass is 10.0. The molecule has 3 rings (SSSR count). The minimum atomic E-state index is -1.01. The van der Waals surface area contributed by atoms with E-state index < -0.39 is 12.3 Å². The molecule has 1 amide bonds. The van der Waals surface area contributed by atoms with Gasteiger partial charge in [-0.25, -0.2) is 0 Å². The summed E-state index contributed by atoms with van der Waals surface area (Å²) < 4.78 is 12.4. The lowest BCUT2D eigenvalue weighted by Gasteiger charge is -2.36. The molecular weight excluding hydrogens is 446 g/mol. The van der Waals surface area contributed by atoms with E-state index >= 15 is 0 Å².